The second-order valence-corrected chi connectivity index (χ2v) is 7.87. The van der Waals surface area contributed by atoms with Crippen molar-refractivity contribution in [3.05, 3.63) is 35.9 Å². The topological polar surface area (TPSA) is 93.1 Å². The van der Waals surface area contributed by atoms with E-state index in [0.717, 1.165) is 14.0 Å². The average molecular weight is 404 g/mol. The summed E-state index contributed by atoms with van der Waals surface area (Å²) in [5.41, 5.74) is -4.45. The van der Waals surface area contributed by atoms with E-state index in [-0.39, 0.29) is 16.0 Å². The van der Waals surface area contributed by atoms with Crippen molar-refractivity contribution in [1.29, 1.82) is 0 Å². The van der Waals surface area contributed by atoms with Gasteiger partial charge in [-0.25, -0.2) is 0 Å². The number of methoxy groups -OCH3 is 1. The van der Waals surface area contributed by atoms with E-state index in [0.29, 0.717) is 0 Å². The van der Waals surface area contributed by atoms with Crippen LogP contribution >= 0.6 is 0 Å². The summed E-state index contributed by atoms with van der Waals surface area (Å²) in [4.78, 5) is 24.9. The number of aliphatic hydroxyl groups is 2. The lowest BCUT2D eigenvalue weighted by Crippen LogP contribution is -2.73. The van der Waals surface area contributed by atoms with Crippen LogP contribution in [0, 0.1) is 5.41 Å². The van der Waals surface area contributed by atoms with Crippen molar-refractivity contribution in [1.82, 2.24) is 0 Å². The van der Waals surface area contributed by atoms with Gasteiger partial charge in [-0.05, 0) is 6.92 Å². The van der Waals surface area contributed by atoms with Crippen molar-refractivity contribution >= 4 is 22.1 Å². The monoisotopic (exact) mass is 404 g/mol. The predicted molar refractivity (Wildman–Crippen MR) is 97.6 cm³/mol. The van der Waals surface area contributed by atoms with Crippen LogP contribution in [0.25, 0.3) is 0 Å². The van der Waals surface area contributed by atoms with Crippen LogP contribution < -0.4 is 0 Å². The maximum Gasteiger partial charge on any atom is 0.360 e. The largest absolute Gasteiger partial charge is 0.394 e. The Kier molecular flexibility index (Phi) is 6.83. The summed E-state index contributed by atoms with van der Waals surface area (Å²) in [6.45, 7) is 4.61. The zero-order valence-electron chi connectivity index (χ0n) is 16.2. The molecule has 0 saturated carbocycles. The Morgan fingerprint density at radius 3 is 1.96 bits per heavy atom. The smallest absolute Gasteiger partial charge is 0.360 e. The number of carbonyl (C=O) groups is 2. The van der Waals surface area contributed by atoms with Crippen LogP contribution in [-0.2, 0) is 14.0 Å². The summed E-state index contributed by atoms with van der Waals surface area (Å²) in [6.07, 6.45) is -2.34. The second kappa shape index (κ2) is 7.84. The van der Waals surface area contributed by atoms with Gasteiger partial charge >= 0.3 is 5.92 Å². The molecule has 0 saturated heterocycles. The van der Waals surface area contributed by atoms with Crippen LogP contribution in [0.15, 0.2) is 30.3 Å². The first-order chi connectivity index (χ1) is 12.2. The van der Waals surface area contributed by atoms with Crippen molar-refractivity contribution in [2.75, 3.05) is 7.11 Å². The highest BCUT2D eigenvalue weighted by Crippen LogP contribution is 2.46. The summed E-state index contributed by atoms with van der Waals surface area (Å²) >= 11 is 0. The van der Waals surface area contributed by atoms with Gasteiger partial charge in [-0.15, -0.1) is 0 Å². The van der Waals surface area contributed by atoms with E-state index in [1.54, 1.807) is 6.07 Å². The van der Waals surface area contributed by atoms with Crippen LogP contribution in [0.1, 0.15) is 38.1 Å². The minimum Gasteiger partial charge on any atom is -0.394 e. The van der Waals surface area contributed by atoms with Gasteiger partial charge in [0.2, 0.25) is 5.78 Å². The highest BCUT2D eigenvalue weighted by molar-refractivity contribution is 6.01. The molecule has 1 aromatic carbocycles. The van der Waals surface area contributed by atoms with E-state index in [1.165, 1.54) is 45.0 Å². The minimum absolute atomic E-state index is 0.00547. The fourth-order valence-electron chi connectivity index (χ4n) is 2.89. The lowest BCUT2D eigenvalue weighted by molar-refractivity contribution is -0.357. The number of hydrogen-bond acceptors (Lipinski definition) is 6. The molecule has 1 unspecified atom stereocenters. The number of Topliss-reactive ketones (excluding diaryl/α,β-unsaturated/α-hetero) is 2. The Morgan fingerprint density at radius 2 is 1.59 bits per heavy atom. The van der Waals surface area contributed by atoms with E-state index < -0.39 is 40.4 Å². The number of rotatable bonds is 8. The van der Waals surface area contributed by atoms with Crippen molar-refractivity contribution < 1.29 is 37.7 Å². The highest BCUT2D eigenvalue weighted by atomic mass is 28.2. The van der Waals surface area contributed by atoms with E-state index >= 15 is 8.78 Å². The Labute approximate surface area is 160 Å². The third-order valence-electron chi connectivity index (χ3n) is 4.46. The van der Waals surface area contributed by atoms with E-state index in [1.807, 2.05) is 0 Å². The molecule has 0 aromatic heterocycles. The molecule has 152 valence electrons. The number of ether oxygens (including phenoxy) is 1. The maximum absolute atomic E-state index is 15.2. The number of halogens is 2. The molecule has 0 fully saturated rings. The number of carbonyl (C=O) groups excluding carboxylic acids is 2. The molecule has 3 atom stereocenters. The lowest BCUT2D eigenvalue weighted by atomic mass is 9.76. The fraction of sp³-hybridized carbons (Fsp3) is 0.556. The van der Waals surface area contributed by atoms with Crippen LogP contribution in [0.4, 0.5) is 8.78 Å². The molecule has 0 radical (unpaired) electrons. The van der Waals surface area contributed by atoms with Crippen LogP contribution in [0.2, 0.25) is 0 Å². The predicted octanol–water partition coefficient (Wildman–Crippen LogP) is 0.871. The molecule has 9 heteroatoms. The number of ketones is 2. The van der Waals surface area contributed by atoms with E-state index in [2.05, 4.69) is 0 Å². The summed E-state index contributed by atoms with van der Waals surface area (Å²) in [5, 5.41) is 21.3. The molecule has 6 nitrogen and oxygen atoms in total. The third-order valence-corrected chi connectivity index (χ3v) is 5.03. The van der Waals surface area contributed by atoms with Crippen molar-refractivity contribution in [3.8, 4) is 0 Å². The van der Waals surface area contributed by atoms with Gasteiger partial charge in [0.15, 0.2) is 17.5 Å². The maximum atomic E-state index is 15.2. The number of aliphatic hydroxyl groups excluding tert-OH is 1. The highest BCUT2D eigenvalue weighted by Gasteiger charge is 2.72. The first-order valence-electron chi connectivity index (χ1n) is 8.23. The number of alkyl halides is 2. The molecule has 0 aliphatic rings. The normalized spacial score (nSPS) is 18.4. The van der Waals surface area contributed by atoms with Crippen molar-refractivity contribution in [3.63, 3.8) is 0 Å². The molecular weight excluding hydrogens is 378 g/mol. The van der Waals surface area contributed by atoms with Gasteiger partial charge in [-0.2, -0.15) is 8.78 Å². The van der Waals surface area contributed by atoms with Crippen molar-refractivity contribution in [2.45, 2.75) is 51.1 Å². The van der Waals surface area contributed by atoms with E-state index in [9.17, 15) is 19.8 Å². The number of benzene rings is 1. The molecule has 0 amide bonds. The Hall–Kier alpha value is -1.52. The molecular formula is C18H26F2O6Si. The van der Waals surface area contributed by atoms with Gasteiger partial charge in [-0.1, -0.05) is 51.1 Å². The SMILES string of the molecule is CO[C@](O[SiH3])(C(F)(F)C(=O)C(C)(C)C)[C@](C)(O)C(O)C(=O)c1ccccc1. The summed E-state index contributed by atoms with van der Waals surface area (Å²) in [7, 11) is 0.438. The first kappa shape index (κ1) is 23.5. The Balaban J connectivity index is 3.50. The van der Waals surface area contributed by atoms with Crippen molar-refractivity contribution in [2.24, 2.45) is 5.41 Å². The molecule has 27 heavy (non-hydrogen) atoms. The van der Waals surface area contributed by atoms with E-state index in [4.69, 9.17) is 9.16 Å². The molecule has 0 bridgehead atoms. The molecule has 0 spiro atoms. The van der Waals surface area contributed by atoms with Gasteiger partial charge in [0.25, 0.3) is 5.79 Å². The van der Waals surface area contributed by atoms with Crippen LogP contribution in [0.3, 0.4) is 0 Å². The van der Waals surface area contributed by atoms with Gasteiger partial charge in [-0.3, -0.25) is 9.59 Å². The molecule has 0 aliphatic carbocycles. The summed E-state index contributed by atoms with van der Waals surface area (Å²) in [6, 6.07) is 7.36. The molecule has 1 aromatic rings. The average Bonchev–Trinajstić information content (AvgIpc) is 2.60. The standard InChI is InChI=1S/C18H26F2O6Si/c1-15(2,3)14(23)17(19,20)18(25-5,26-27)16(4,24)13(22)12(21)11-9-7-6-8-10-11/h6-10,13,22,24H,1-5,27H3/t13?,16-,18-/m1/s1. The Bertz CT molecular complexity index is 681. The summed E-state index contributed by atoms with van der Waals surface area (Å²) in [5.74, 6) is -10.2. The molecule has 2 N–H and O–H groups in total. The van der Waals surface area contributed by atoms with Crippen LogP contribution in [-0.4, -0.2) is 62.8 Å². The summed E-state index contributed by atoms with van der Waals surface area (Å²) < 4.78 is 40.1. The fourth-order valence-corrected chi connectivity index (χ4v) is 3.72. The van der Waals surface area contributed by atoms with Gasteiger partial charge in [0.1, 0.15) is 10.5 Å². The minimum atomic E-state index is -4.36. The lowest BCUT2D eigenvalue weighted by Gasteiger charge is -2.48. The molecule has 1 rings (SSSR count). The van der Waals surface area contributed by atoms with Crippen LogP contribution in [0.5, 0.6) is 0 Å². The molecule has 0 aliphatic heterocycles. The third kappa shape index (κ3) is 3.88. The Morgan fingerprint density at radius 1 is 1.11 bits per heavy atom. The zero-order valence-corrected chi connectivity index (χ0v) is 18.2. The van der Waals surface area contributed by atoms with Gasteiger partial charge in [0, 0.05) is 18.1 Å². The zero-order chi connectivity index (χ0) is 21.3. The quantitative estimate of drug-likeness (QED) is 0.379. The molecule has 0 heterocycles. The van der Waals surface area contributed by atoms with Gasteiger partial charge < -0.3 is 19.4 Å². The number of hydrogen-bond donors (Lipinski definition) is 2. The first-order valence-corrected chi connectivity index (χ1v) is 9.05. The van der Waals surface area contributed by atoms with Gasteiger partial charge in [0.05, 0.1) is 0 Å². The second-order valence-electron chi connectivity index (χ2n) is 7.46.